The van der Waals surface area contributed by atoms with E-state index in [1.54, 1.807) is 0 Å². The number of hydrogen-bond donors (Lipinski definition) is 1. The van der Waals surface area contributed by atoms with Crippen LogP contribution in [0.2, 0.25) is 0 Å². The van der Waals surface area contributed by atoms with Gasteiger partial charge in [-0.25, -0.2) is 4.98 Å². The number of aryl methyl sites for hydroxylation is 1. The zero-order valence-electron chi connectivity index (χ0n) is 18.3. The maximum absolute atomic E-state index is 9.81. The Balaban J connectivity index is 1.47. The van der Waals surface area contributed by atoms with Crippen LogP contribution in [0.4, 0.5) is 5.69 Å². The first kappa shape index (κ1) is 20.1. The number of aromatic amines is 1. The first-order valence-electron chi connectivity index (χ1n) is 10.8. The molecule has 0 bridgehead atoms. The third-order valence-electron chi connectivity index (χ3n) is 6.02. The molecule has 0 radical (unpaired) electrons. The van der Waals surface area contributed by atoms with E-state index in [0.717, 1.165) is 60.0 Å². The molecule has 4 aromatic rings. The number of allylic oxidation sites excluding steroid dienone is 1. The van der Waals surface area contributed by atoms with Crippen LogP contribution >= 0.6 is 0 Å². The number of nitrogens with zero attached hydrogens (tertiary/aromatic N) is 4. The number of rotatable bonds is 4. The zero-order valence-corrected chi connectivity index (χ0v) is 18.3. The van der Waals surface area contributed by atoms with Crippen LogP contribution < -0.4 is 4.90 Å². The van der Waals surface area contributed by atoms with Crippen LogP contribution in [0, 0.1) is 25.2 Å². The summed E-state index contributed by atoms with van der Waals surface area (Å²) in [6.07, 6.45) is 1.92. The summed E-state index contributed by atoms with van der Waals surface area (Å²) >= 11 is 0. The lowest BCUT2D eigenvalue weighted by atomic mass is 10.1. The van der Waals surface area contributed by atoms with Gasteiger partial charge in [-0.1, -0.05) is 12.1 Å². The first-order chi connectivity index (χ1) is 15.6. The molecule has 3 heterocycles. The Kier molecular flexibility index (Phi) is 5.26. The second kappa shape index (κ2) is 8.37. The number of morpholine rings is 1. The van der Waals surface area contributed by atoms with Crippen molar-refractivity contribution < 1.29 is 4.74 Å². The Labute approximate surface area is 187 Å². The Morgan fingerprint density at radius 3 is 2.50 bits per heavy atom. The van der Waals surface area contributed by atoms with Crippen molar-refractivity contribution in [1.82, 2.24) is 14.5 Å². The minimum absolute atomic E-state index is 0.518. The van der Waals surface area contributed by atoms with E-state index >= 15 is 0 Å². The molecule has 1 aliphatic heterocycles. The molecule has 2 aromatic heterocycles. The predicted octanol–water partition coefficient (Wildman–Crippen LogP) is 4.87. The average Bonchev–Trinajstić information content (AvgIpc) is 3.38. The van der Waals surface area contributed by atoms with Gasteiger partial charge in [0.2, 0.25) is 0 Å². The molecule has 32 heavy (non-hydrogen) atoms. The highest BCUT2D eigenvalue weighted by atomic mass is 16.5. The molecule has 1 saturated heterocycles. The number of nitrogens with one attached hydrogen (secondary N) is 1. The molecular weight excluding hydrogens is 398 g/mol. The van der Waals surface area contributed by atoms with Crippen LogP contribution in [-0.4, -0.2) is 40.8 Å². The van der Waals surface area contributed by atoms with Crippen molar-refractivity contribution in [3.05, 3.63) is 77.4 Å². The van der Waals surface area contributed by atoms with Crippen LogP contribution in [0.3, 0.4) is 0 Å². The third kappa shape index (κ3) is 3.68. The lowest BCUT2D eigenvalue weighted by Crippen LogP contribution is -2.36. The van der Waals surface area contributed by atoms with Gasteiger partial charge in [0.15, 0.2) is 0 Å². The van der Waals surface area contributed by atoms with Crippen LogP contribution in [0.15, 0.2) is 54.6 Å². The Hall–Kier alpha value is -3.82. The van der Waals surface area contributed by atoms with Gasteiger partial charge in [-0.05, 0) is 68.0 Å². The summed E-state index contributed by atoms with van der Waals surface area (Å²) in [6.45, 7) is 7.58. The van der Waals surface area contributed by atoms with Gasteiger partial charge in [-0.15, -0.1) is 0 Å². The molecule has 5 rings (SSSR count). The first-order valence-corrected chi connectivity index (χ1v) is 10.8. The van der Waals surface area contributed by atoms with Crippen molar-refractivity contribution in [3.8, 4) is 11.8 Å². The Bertz CT molecular complexity index is 1300. The number of fused-ring (bicyclic) bond motifs is 1. The van der Waals surface area contributed by atoms with Gasteiger partial charge in [0.25, 0.3) is 0 Å². The van der Waals surface area contributed by atoms with E-state index in [0.29, 0.717) is 11.4 Å². The van der Waals surface area contributed by atoms with Crippen LogP contribution in [-0.2, 0) is 4.74 Å². The van der Waals surface area contributed by atoms with E-state index in [1.807, 2.05) is 30.3 Å². The summed E-state index contributed by atoms with van der Waals surface area (Å²) in [5.74, 6) is 0.591. The molecule has 2 aromatic carbocycles. The number of hydrogen-bond acceptors (Lipinski definition) is 4. The molecule has 6 heteroatoms. The monoisotopic (exact) mass is 423 g/mol. The smallest absolute Gasteiger partial charge is 0.149 e. The average molecular weight is 424 g/mol. The van der Waals surface area contributed by atoms with Gasteiger partial charge in [0.05, 0.1) is 29.8 Å². The third-order valence-corrected chi connectivity index (χ3v) is 6.02. The van der Waals surface area contributed by atoms with Gasteiger partial charge in [0, 0.05) is 35.9 Å². The molecule has 1 N–H and O–H groups in total. The lowest BCUT2D eigenvalue weighted by Gasteiger charge is -2.29. The summed E-state index contributed by atoms with van der Waals surface area (Å²) in [6, 6.07) is 20.9. The molecule has 0 unspecified atom stereocenters. The van der Waals surface area contributed by atoms with Crippen molar-refractivity contribution in [1.29, 1.82) is 5.26 Å². The number of para-hydroxylation sites is 2. The van der Waals surface area contributed by atoms with Crippen molar-refractivity contribution in [2.24, 2.45) is 0 Å². The number of ether oxygens (including phenoxy) is 1. The predicted molar refractivity (Wildman–Crippen MR) is 128 cm³/mol. The SMILES string of the molecule is Cc1cc(C=C(C#N)c2nc3ccccc3[nH]2)c(C)n1-c1ccc(N2CCOCC2)cc1. The van der Waals surface area contributed by atoms with Gasteiger partial charge >= 0.3 is 0 Å². The number of H-pyrrole nitrogens is 1. The van der Waals surface area contributed by atoms with Crippen LogP contribution in [0.1, 0.15) is 22.8 Å². The topological polar surface area (TPSA) is 69.9 Å². The number of imidazole rings is 1. The van der Waals surface area contributed by atoms with Crippen molar-refractivity contribution in [3.63, 3.8) is 0 Å². The highest BCUT2D eigenvalue weighted by Gasteiger charge is 2.14. The van der Waals surface area contributed by atoms with Gasteiger partial charge in [-0.2, -0.15) is 5.26 Å². The van der Waals surface area contributed by atoms with Crippen LogP contribution in [0.25, 0.3) is 28.4 Å². The Morgan fingerprint density at radius 1 is 1.06 bits per heavy atom. The molecule has 0 saturated carbocycles. The fourth-order valence-electron chi connectivity index (χ4n) is 4.35. The summed E-state index contributed by atoms with van der Waals surface area (Å²) in [5, 5.41) is 9.81. The largest absolute Gasteiger partial charge is 0.378 e. The molecule has 0 amide bonds. The minimum Gasteiger partial charge on any atom is -0.378 e. The molecule has 0 atom stereocenters. The standard InChI is InChI=1S/C26H25N5O/c1-18-15-20(16-21(17-27)26-28-24-5-3-4-6-25(24)29-26)19(2)31(18)23-9-7-22(8-10-23)30-11-13-32-14-12-30/h3-10,15-16H,11-14H2,1-2H3,(H,28,29). The maximum atomic E-state index is 9.81. The number of aromatic nitrogens is 3. The maximum Gasteiger partial charge on any atom is 0.149 e. The van der Waals surface area contributed by atoms with Gasteiger partial charge < -0.3 is 19.2 Å². The van der Waals surface area contributed by atoms with Crippen molar-refractivity contribution in [2.75, 3.05) is 31.2 Å². The zero-order chi connectivity index (χ0) is 22.1. The molecule has 0 spiro atoms. The van der Waals surface area contributed by atoms with E-state index in [-0.39, 0.29) is 0 Å². The van der Waals surface area contributed by atoms with E-state index in [4.69, 9.17) is 4.74 Å². The highest BCUT2D eigenvalue weighted by molar-refractivity contribution is 5.90. The number of benzene rings is 2. The normalized spacial score (nSPS) is 14.7. The molecule has 1 aliphatic rings. The van der Waals surface area contributed by atoms with E-state index < -0.39 is 0 Å². The van der Waals surface area contributed by atoms with Crippen LogP contribution in [0.5, 0.6) is 0 Å². The second-order valence-corrected chi connectivity index (χ2v) is 8.05. The quantitative estimate of drug-likeness (QED) is 0.476. The summed E-state index contributed by atoms with van der Waals surface area (Å²) in [4.78, 5) is 10.2. The summed E-state index contributed by atoms with van der Waals surface area (Å²) < 4.78 is 7.68. The summed E-state index contributed by atoms with van der Waals surface area (Å²) in [5.41, 5.74) is 7.85. The van der Waals surface area contributed by atoms with E-state index in [2.05, 4.69) is 69.7 Å². The summed E-state index contributed by atoms with van der Waals surface area (Å²) in [7, 11) is 0. The number of anilines is 1. The number of nitriles is 1. The fraction of sp³-hybridized carbons (Fsp3) is 0.231. The highest BCUT2D eigenvalue weighted by Crippen LogP contribution is 2.27. The minimum atomic E-state index is 0.518. The molecular formula is C26H25N5O. The lowest BCUT2D eigenvalue weighted by molar-refractivity contribution is 0.122. The molecule has 0 aliphatic carbocycles. The molecule has 6 nitrogen and oxygen atoms in total. The Morgan fingerprint density at radius 2 is 1.78 bits per heavy atom. The van der Waals surface area contributed by atoms with Crippen molar-refractivity contribution >= 4 is 28.4 Å². The van der Waals surface area contributed by atoms with Gasteiger partial charge in [-0.3, -0.25) is 0 Å². The van der Waals surface area contributed by atoms with Crippen molar-refractivity contribution in [2.45, 2.75) is 13.8 Å². The van der Waals surface area contributed by atoms with Gasteiger partial charge in [0.1, 0.15) is 11.9 Å². The molecule has 160 valence electrons. The fourth-order valence-corrected chi connectivity index (χ4v) is 4.35. The van der Waals surface area contributed by atoms with E-state index in [9.17, 15) is 5.26 Å². The second-order valence-electron chi connectivity index (χ2n) is 8.05. The molecule has 1 fully saturated rings. The van der Waals surface area contributed by atoms with E-state index in [1.165, 1.54) is 5.69 Å².